The highest BCUT2D eigenvalue weighted by Crippen LogP contribution is 2.39. The summed E-state index contributed by atoms with van der Waals surface area (Å²) in [5.41, 5.74) is 0.890. The monoisotopic (exact) mass is 512 g/mol. The van der Waals surface area contributed by atoms with Crippen molar-refractivity contribution < 1.29 is 23.5 Å². The predicted octanol–water partition coefficient (Wildman–Crippen LogP) is 3.47. The second-order valence-electron chi connectivity index (χ2n) is 8.82. The van der Waals surface area contributed by atoms with Gasteiger partial charge in [-0.3, -0.25) is 14.5 Å². The zero-order valence-electron chi connectivity index (χ0n) is 21.8. The largest absolute Gasteiger partial charge is 0.494 e. The number of halogens is 1. The van der Waals surface area contributed by atoms with Gasteiger partial charge >= 0.3 is 0 Å². The van der Waals surface area contributed by atoms with Crippen molar-refractivity contribution in [3.8, 4) is 22.9 Å². The molecule has 1 atom stereocenters. The van der Waals surface area contributed by atoms with Crippen molar-refractivity contribution in [1.29, 1.82) is 0 Å². The molecule has 0 radical (unpaired) electrons. The molecule has 198 valence electrons. The molecule has 0 aliphatic carbocycles. The Morgan fingerprint density at radius 3 is 2.30 bits per heavy atom. The average molecular weight is 513 g/mol. The number of anilines is 1. The van der Waals surface area contributed by atoms with Crippen molar-refractivity contribution in [2.75, 3.05) is 25.7 Å². The van der Waals surface area contributed by atoms with E-state index in [0.717, 1.165) is 11.2 Å². The lowest BCUT2D eigenvalue weighted by atomic mass is 10.1. The maximum atomic E-state index is 13.8. The molecule has 0 aliphatic heterocycles. The molecule has 2 amide bonds. The molecule has 0 saturated carbocycles. The van der Waals surface area contributed by atoms with Gasteiger partial charge in [-0.25, -0.2) is 4.39 Å². The smallest absolute Gasteiger partial charge is 0.251 e. The number of nitrogens with one attached hydrogen (secondary N) is 1. The molecule has 1 unspecified atom stereocenters. The molecule has 0 aliphatic rings. The summed E-state index contributed by atoms with van der Waals surface area (Å²) >= 11 is 0. The van der Waals surface area contributed by atoms with Crippen LogP contribution in [0.5, 0.6) is 11.5 Å². The van der Waals surface area contributed by atoms with Gasteiger partial charge in [0.2, 0.25) is 11.7 Å². The molecule has 10 nitrogen and oxygen atoms in total. The zero-order chi connectivity index (χ0) is 26.9. The van der Waals surface area contributed by atoms with Crippen LogP contribution in [0.15, 0.2) is 42.5 Å². The van der Waals surface area contributed by atoms with E-state index in [0.29, 0.717) is 41.6 Å². The highest BCUT2D eigenvalue weighted by Gasteiger charge is 2.34. The van der Waals surface area contributed by atoms with E-state index in [1.165, 1.54) is 43.4 Å². The van der Waals surface area contributed by atoms with E-state index in [2.05, 4.69) is 34.6 Å². The van der Waals surface area contributed by atoms with Crippen LogP contribution in [0.3, 0.4) is 0 Å². The van der Waals surface area contributed by atoms with Crippen molar-refractivity contribution in [3.63, 3.8) is 0 Å². The van der Waals surface area contributed by atoms with Gasteiger partial charge in [0.1, 0.15) is 35.6 Å². The third kappa shape index (κ3) is 6.81. The summed E-state index contributed by atoms with van der Waals surface area (Å²) in [6.45, 7) is 6.17. The van der Waals surface area contributed by atoms with E-state index in [-0.39, 0.29) is 24.1 Å². The summed E-state index contributed by atoms with van der Waals surface area (Å²) in [5.74, 6) is 0.276. The van der Waals surface area contributed by atoms with E-state index in [1.54, 1.807) is 18.2 Å². The predicted molar refractivity (Wildman–Crippen MR) is 137 cm³/mol. The number of para-hydroxylation sites is 1. The summed E-state index contributed by atoms with van der Waals surface area (Å²) < 4.78 is 24.4. The Hall–Kier alpha value is -4.02. The number of ether oxygens (including phenoxy) is 2. The molecular weight excluding hydrogens is 479 g/mol. The SMILES string of the molecule is CCC(C(=O)NCCC(C)C)N(C(=O)Cn1nnc(-c2ccc(F)cc2)n1)c1c(OC)cccc1OC. The van der Waals surface area contributed by atoms with Crippen LogP contribution < -0.4 is 19.7 Å². The van der Waals surface area contributed by atoms with Gasteiger partial charge < -0.3 is 14.8 Å². The molecule has 2 aromatic carbocycles. The average Bonchev–Trinajstić information content (AvgIpc) is 3.35. The summed E-state index contributed by atoms with van der Waals surface area (Å²) in [7, 11) is 2.97. The quantitative estimate of drug-likeness (QED) is 0.396. The third-order valence-corrected chi connectivity index (χ3v) is 5.77. The summed E-state index contributed by atoms with van der Waals surface area (Å²) in [6.07, 6.45) is 1.15. The fourth-order valence-corrected chi connectivity index (χ4v) is 3.83. The summed E-state index contributed by atoms with van der Waals surface area (Å²) in [5, 5.41) is 15.2. The highest BCUT2D eigenvalue weighted by atomic mass is 19.1. The standard InChI is InChI=1S/C26H33FN6O4/c1-6-20(26(35)28-15-14-17(2)3)33(24-21(36-4)8-7-9-22(24)37-5)23(34)16-32-30-25(29-31-32)18-10-12-19(27)13-11-18/h7-13,17,20H,6,14-16H2,1-5H3,(H,28,35). The Morgan fingerprint density at radius 1 is 1.08 bits per heavy atom. The minimum atomic E-state index is -0.843. The van der Waals surface area contributed by atoms with E-state index < -0.39 is 11.9 Å². The Morgan fingerprint density at radius 2 is 1.73 bits per heavy atom. The van der Waals surface area contributed by atoms with Gasteiger partial charge in [0.25, 0.3) is 5.91 Å². The van der Waals surface area contributed by atoms with Crippen molar-refractivity contribution in [2.24, 2.45) is 5.92 Å². The van der Waals surface area contributed by atoms with Gasteiger partial charge in [-0.1, -0.05) is 26.8 Å². The maximum absolute atomic E-state index is 13.8. The molecule has 11 heteroatoms. The molecule has 1 N–H and O–H groups in total. The lowest BCUT2D eigenvalue weighted by molar-refractivity contribution is -0.127. The topological polar surface area (TPSA) is 111 Å². The van der Waals surface area contributed by atoms with E-state index in [1.807, 2.05) is 6.92 Å². The van der Waals surface area contributed by atoms with Crippen molar-refractivity contribution in [1.82, 2.24) is 25.5 Å². The number of hydrogen-bond acceptors (Lipinski definition) is 7. The number of tetrazole rings is 1. The van der Waals surface area contributed by atoms with Crippen LogP contribution >= 0.6 is 0 Å². The molecule has 0 saturated heterocycles. The van der Waals surface area contributed by atoms with Gasteiger partial charge in [0.05, 0.1) is 14.2 Å². The molecule has 0 bridgehead atoms. The number of nitrogens with zero attached hydrogens (tertiary/aromatic N) is 5. The van der Waals surface area contributed by atoms with Crippen LogP contribution in [0.1, 0.15) is 33.6 Å². The fraction of sp³-hybridized carbons (Fsp3) is 0.423. The van der Waals surface area contributed by atoms with Gasteiger partial charge in [-0.2, -0.15) is 4.80 Å². The van der Waals surface area contributed by atoms with Crippen LogP contribution in [0.4, 0.5) is 10.1 Å². The number of carbonyl (C=O) groups excluding carboxylic acids is 2. The molecule has 3 rings (SSSR count). The second-order valence-corrected chi connectivity index (χ2v) is 8.82. The van der Waals surface area contributed by atoms with Crippen molar-refractivity contribution >= 4 is 17.5 Å². The Balaban J connectivity index is 1.96. The number of hydrogen-bond donors (Lipinski definition) is 1. The molecule has 37 heavy (non-hydrogen) atoms. The van der Waals surface area contributed by atoms with Crippen LogP contribution in [-0.4, -0.2) is 58.8 Å². The second kappa shape index (κ2) is 12.8. The number of benzene rings is 2. The minimum absolute atomic E-state index is 0.243. The Bertz CT molecular complexity index is 1180. The minimum Gasteiger partial charge on any atom is -0.494 e. The molecule has 0 fully saturated rings. The first kappa shape index (κ1) is 27.6. The van der Waals surface area contributed by atoms with Crippen LogP contribution in [-0.2, 0) is 16.1 Å². The number of rotatable bonds is 12. The highest BCUT2D eigenvalue weighted by molar-refractivity contribution is 6.03. The number of carbonyl (C=O) groups is 2. The van der Waals surface area contributed by atoms with E-state index >= 15 is 0 Å². The first-order chi connectivity index (χ1) is 17.8. The maximum Gasteiger partial charge on any atom is 0.251 e. The Kier molecular flexibility index (Phi) is 9.53. The number of aromatic nitrogens is 4. The van der Waals surface area contributed by atoms with Crippen LogP contribution in [0.25, 0.3) is 11.4 Å². The first-order valence-electron chi connectivity index (χ1n) is 12.1. The molecule has 3 aromatic rings. The zero-order valence-corrected chi connectivity index (χ0v) is 21.8. The summed E-state index contributed by atoms with van der Waals surface area (Å²) in [4.78, 5) is 29.6. The molecule has 0 spiro atoms. The first-order valence-corrected chi connectivity index (χ1v) is 12.1. The fourth-order valence-electron chi connectivity index (χ4n) is 3.83. The lowest BCUT2D eigenvalue weighted by Gasteiger charge is -2.32. The van der Waals surface area contributed by atoms with Gasteiger partial charge in [0.15, 0.2) is 0 Å². The van der Waals surface area contributed by atoms with E-state index in [9.17, 15) is 14.0 Å². The Labute approximate surface area is 215 Å². The van der Waals surface area contributed by atoms with Gasteiger partial charge in [-0.15, -0.1) is 10.2 Å². The van der Waals surface area contributed by atoms with Crippen molar-refractivity contribution in [3.05, 3.63) is 48.3 Å². The van der Waals surface area contributed by atoms with E-state index in [4.69, 9.17) is 9.47 Å². The van der Waals surface area contributed by atoms with Gasteiger partial charge in [0, 0.05) is 12.1 Å². The molecular formula is C26H33FN6O4. The van der Waals surface area contributed by atoms with Crippen LogP contribution in [0, 0.1) is 11.7 Å². The normalized spacial score (nSPS) is 11.8. The summed E-state index contributed by atoms with van der Waals surface area (Å²) in [6, 6.07) is 9.93. The number of methoxy groups -OCH3 is 2. The lowest BCUT2D eigenvalue weighted by Crippen LogP contribution is -2.51. The van der Waals surface area contributed by atoms with Gasteiger partial charge in [-0.05, 0) is 60.4 Å². The van der Waals surface area contributed by atoms with Crippen molar-refractivity contribution in [2.45, 2.75) is 46.2 Å². The molecule has 1 aromatic heterocycles. The molecule has 1 heterocycles. The van der Waals surface area contributed by atoms with Crippen LogP contribution in [0.2, 0.25) is 0 Å². The number of amides is 2. The third-order valence-electron chi connectivity index (χ3n) is 5.77.